The first-order valence-electron chi connectivity index (χ1n) is 6.41. The molecule has 110 valence electrons. The summed E-state index contributed by atoms with van der Waals surface area (Å²) in [5.41, 5.74) is 1.14. The number of rotatable bonds is 6. The van der Waals surface area contributed by atoms with Crippen LogP contribution in [0.15, 0.2) is 42.6 Å². The number of carbonyl (C=O) groups is 1. The maximum Gasteiger partial charge on any atom is 0.250 e. The lowest BCUT2D eigenvalue weighted by Crippen LogP contribution is -2.17. The van der Waals surface area contributed by atoms with Crippen molar-refractivity contribution in [3.05, 3.63) is 54.0 Å². The van der Waals surface area contributed by atoms with Gasteiger partial charge in [-0.15, -0.1) is 0 Å². The zero-order chi connectivity index (χ0) is 15.1. The summed E-state index contributed by atoms with van der Waals surface area (Å²) in [4.78, 5) is 15.5. The van der Waals surface area contributed by atoms with Gasteiger partial charge in [0.15, 0.2) is 0 Å². The van der Waals surface area contributed by atoms with Gasteiger partial charge in [-0.2, -0.15) is 0 Å². The zero-order valence-corrected chi connectivity index (χ0v) is 11.6. The number of aromatic nitrogens is 1. The lowest BCUT2D eigenvalue weighted by Gasteiger charge is -2.08. The number of nitrogens with zero attached hydrogens (tertiary/aromatic N) is 1. The van der Waals surface area contributed by atoms with Gasteiger partial charge < -0.3 is 15.4 Å². The van der Waals surface area contributed by atoms with Crippen molar-refractivity contribution in [1.29, 1.82) is 0 Å². The predicted octanol–water partition coefficient (Wildman–Crippen LogP) is 2.42. The van der Waals surface area contributed by atoms with Gasteiger partial charge in [0.05, 0.1) is 11.9 Å². The highest BCUT2D eigenvalue weighted by Crippen LogP contribution is 2.12. The molecule has 5 nitrogen and oxygen atoms in total. The number of pyridine rings is 1. The van der Waals surface area contributed by atoms with Crippen LogP contribution in [0, 0.1) is 5.82 Å². The first-order valence-corrected chi connectivity index (χ1v) is 6.41. The number of ether oxygens (including phenoxy) is 1. The summed E-state index contributed by atoms with van der Waals surface area (Å²) in [6.07, 6.45) is 1.53. The van der Waals surface area contributed by atoms with Gasteiger partial charge in [0.2, 0.25) is 5.91 Å². The third-order valence-electron chi connectivity index (χ3n) is 2.74. The number of carbonyl (C=O) groups excluding carboxylic acids is 1. The Hall–Kier alpha value is -2.47. The first-order chi connectivity index (χ1) is 10.2. The topological polar surface area (TPSA) is 63.2 Å². The first kappa shape index (κ1) is 14.9. The summed E-state index contributed by atoms with van der Waals surface area (Å²) < 4.78 is 18.2. The molecule has 21 heavy (non-hydrogen) atoms. The standard InChI is InChI=1S/C15H16FN3O2/c1-21-10-15(20)19-12-6-7-14(18-9-12)17-8-11-4-2-3-5-13(11)16/h2-7,9H,8,10H2,1H3,(H,17,18)(H,19,20). The number of benzene rings is 1. The molecule has 1 heterocycles. The predicted molar refractivity (Wildman–Crippen MR) is 78.5 cm³/mol. The summed E-state index contributed by atoms with van der Waals surface area (Å²) in [5, 5.41) is 5.66. The van der Waals surface area contributed by atoms with Crippen LogP contribution < -0.4 is 10.6 Å². The van der Waals surface area contributed by atoms with Crippen molar-refractivity contribution in [3.63, 3.8) is 0 Å². The number of anilines is 2. The monoisotopic (exact) mass is 289 g/mol. The Morgan fingerprint density at radius 1 is 1.29 bits per heavy atom. The van der Waals surface area contributed by atoms with Gasteiger partial charge in [0.25, 0.3) is 0 Å². The maximum atomic E-state index is 13.5. The molecule has 0 aliphatic heterocycles. The Bertz CT molecular complexity index is 602. The second-order valence-electron chi connectivity index (χ2n) is 4.36. The number of methoxy groups -OCH3 is 1. The summed E-state index contributed by atoms with van der Waals surface area (Å²) in [6, 6.07) is 9.98. The van der Waals surface area contributed by atoms with Crippen LogP contribution >= 0.6 is 0 Å². The van der Waals surface area contributed by atoms with Gasteiger partial charge in [-0.1, -0.05) is 18.2 Å². The minimum Gasteiger partial charge on any atom is -0.375 e. The Labute approximate surface area is 122 Å². The Balaban J connectivity index is 1.91. The lowest BCUT2D eigenvalue weighted by molar-refractivity contribution is -0.119. The van der Waals surface area contributed by atoms with Crippen LogP contribution in [0.1, 0.15) is 5.56 Å². The molecule has 0 fully saturated rings. The van der Waals surface area contributed by atoms with Crippen molar-refractivity contribution in [2.24, 2.45) is 0 Å². The second kappa shape index (κ2) is 7.35. The molecule has 0 spiro atoms. The van der Waals surface area contributed by atoms with E-state index in [1.54, 1.807) is 30.3 Å². The summed E-state index contributed by atoms with van der Waals surface area (Å²) in [5.74, 6) is 0.0998. The van der Waals surface area contributed by atoms with Crippen molar-refractivity contribution >= 4 is 17.4 Å². The van der Waals surface area contributed by atoms with E-state index in [1.165, 1.54) is 19.4 Å². The molecule has 0 atom stereocenters. The molecule has 0 saturated heterocycles. The fraction of sp³-hybridized carbons (Fsp3) is 0.200. The Kier molecular flexibility index (Phi) is 5.22. The number of halogens is 1. The molecule has 2 N–H and O–H groups in total. The van der Waals surface area contributed by atoms with E-state index in [1.807, 2.05) is 0 Å². The molecule has 0 saturated carbocycles. The molecule has 0 bridgehead atoms. The number of hydrogen-bond acceptors (Lipinski definition) is 4. The summed E-state index contributed by atoms with van der Waals surface area (Å²) in [6.45, 7) is 0.336. The van der Waals surface area contributed by atoms with Gasteiger partial charge in [-0.25, -0.2) is 9.37 Å². The van der Waals surface area contributed by atoms with Crippen LogP contribution in [-0.2, 0) is 16.1 Å². The maximum absolute atomic E-state index is 13.5. The Morgan fingerprint density at radius 2 is 2.10 bits per heavy atom. The van der Waals surface area contributed by atoms with Crippen molar-refractivity contribution in [1.82, 2.24) is 4.98 Å². The van der Waals surface area contributed by atoms with Crippen LogP contribution in [0.2, 0.25) is 0 Å². The van der Waals surface area contributed by atoms with Crippen molar-refractivity contribution in [2.45, 2.75) is 6.54 Å². The minimum absolute atomic E-state index is 0.00666. The molecule has 2 aromatic rings. The molecule has 0 aliphatic rings. The normalized spacial score (nSPS) is 10.2. The van der Waals surface area contributed by atoms with E-state index in [4.69, 9.17) is 4.74 Å². The van der Waals surface area contributed by atoms with Gasteiger partial charge in [-0.3, -0.25) is 4.79 Å². The molecule has 1 aromatic carbocycles. The number of hydrogen-bond donors (Lipinski definition) is 2. The van der Waals surface area contributed by atoms with Gasteiger partial charge in [0.1, 0.15) is 18.2 Å². The molecule has 2 rings (SSSR count). The van der Waals surface area contributed by atoms with E-state index in [0.717, 1.165) is 0 Å². The molecule has 6 heteroatoms. The molecule has 1 aromatic heterocycles. The average Bonchev–Trinajstić information content (AvgIpc) is 2.48. The van der Waals surface area contributed by atoms with E-state index < -0.39 is 0 Å². The van der Waals surface area contributed by atoms with E-state index in [9.17, 15) is 9.18 Å². The van der Waals surface area contributed by atoms with Crippen LogP contribution in [0.5, 0.6) is 0 Å². The van der Waals surface area contributed by atoms with E-state index in [0.29, 0.717) is 23.6 Å². The van der Waals surface area contributed by atoms with E-state index in [-0.39, 0.29) is 18.3 Å². The van der Waals surface area contributed by atoms with E-state index in [2.05, 4.69) is 15.6 Å². The highest BCUT2D eigenvalue weighted by atomic mass is 19.1. The SMILES string of the molecule is COCC(=O)Nc1ccc(NCc2ccccc2F)nc1. The average molecular weight is 289 g/mol. The molecule has 0 radical (unpaired) electrons. The molecule has 1 amide bonds. The van der Waals surface area contributed by atoms with Crippen LogP contribution in [0.25, 0.3) is 0 Å². The van der Waals surface area contributed by atoms with Crippen LogP contribution in [0.4, 0.5) is 15.9 Å². The molecule has 0 aliphatic carbocycles. The molecule has 0 unspecified atom stereocenters. The summed E-state index contributed by atoms with van der Waals surface area (Å²) >= 11 is 0. The fourth-order valence-corrected chi connectivity index (χ4v) is 1.73. The third-order valence-corrected chi connectivity index (χ3v) is 2.74. The van der Waals surface area contributed by atoms with Gasteiger partial charge in [0, 0.05) is 19.2 Å². The van der Waals surface area contributed by atoms with Crippen molar-refractivity contribution < 1.29 is 13.9 Å². The third kappa shape index (κ3) is 4.54. The highest BCUT2D eigenvalue weighted by Gasteiger charge is 2.03. The molecular formula is C15H16FN3O2. The zero-order valence-electron chi connectivity index (χ0n) is 11.6. The van der Waals surface area contributed by atoms with Crippen molar-refractivity contribution in [3.8, 4) is 0 Å². The van der Waals surface area contributed by atoms with Crippen LogP contribution in [-0.4, -0.2) is 24.6 Å². The minimum atomic E-state index is -0.256. The van der Waals surface area contributed by atoms with Gasteiger partial charge >= 0.3 is 0 Å². The second-order valence-corrected chi connectivity index (χ2v) is 4.36. The quantitative estimate of drug-likeness (QED) is 0.857. The van der Waals surface area contributed by atoms with E-state index >= 15 is 0 Å². The highest BCUT2D eigenvalue weighted by molar-refractivity contribution is 5.91. The van der Waals surface area contributed by atoms with Crippen molar-refractivity contribution in [2.75, 3.05) is 24.4 Å². The largest absolute Gasteiger partial charge is 0.375 e. The number of nitrogens with one attached hydrogen (secondary N) is 2. The van der Waals surface area contributed by atoms with Gasteiger partial charge in [-0.05, 0) is 18.2 Å². The molecular weight excluding hydrogens is 273 g/mol. The number of amides is 1. The lowest BCUT2D eigenvalue weighted by atomic mass is 10.2. The Morgan fingerprint density at radius 3 is 2.76 bits per heavy atom. The van der Waals surface area contributed by atoms with Crippen LogP contribution in [0.3, 0.4) is 0 Å². The fourth-order valence-electron chi connectivity index (χ4n) is 1.73. The smallest absolute Gasteiger partial charge is 0.250 e. The summed E-state index contributed by atoms with van der Waals surface area (Å²) in [7, 11) is 1.45.